The molecule has 0 fully saturated rings. The SMILES string of the molecule is NC(=O)c1ccc(S(=O)(=O)N(Oc2ccccc2)c2ccccc2)cc1CC(=O)Nc1ccccc1. The molecule has 0 aliphatic heterocycles. The molecule has 0 radical (unpaired) electrons. The lowest BCUT2D eigenvalue weighted by Crippen LogP contribution is -2.34. The molecule has 0 aliphatic carbocycles. The van der Waals surface area contributed by atoms with Gasteiger partial charge in [0.2, 0.25) is 11.8 Å². The lowest BCUT2D eigenvalue weighted by molar-refractivity contribution is -0.115. The molecular weight excluding hydrogens is 478 g/mol. The fourth-order valence-electron chi connectivity index (χ4n) is 3.48. The van der Waals surface area contributed by atoms with Crippen molar-refractivity contribution < 1.29 is 22.8 Å². The van der Waals surface area contributed by atoms with E-state index < -0.39 is 21.8 Å². The molecule has 0 atom stereocenters. The van der Waals surface area contributed by atoms with E-state index in [9.17, 15) is 18.0 Å². The standard InChI is InChI=1S/C27H23N3O5S/c28-27(32)25-17-16-24(18-20(25)19-26(31)29-21-10-4-1-5-11-21)36(33,34)30(22-12-6-2-7-13-22)35-23-14-8-3-9-15-23/h1-18H,19H2,(H2,28,32)(H,29,31). The Morgan fingerprint density at radius 1 is 0.806 bits per heavy atom. The van der Waals surface area contributed by atoms with E-state index >= 15 is 0 Å². The summed E-state index contributed by atoms with van der Waals surface area (Å²) in [6, 6.07) is 29.4. The van der Waals surface area contributed by atoms with E-state index in [1.165, 1.54) is 18.2 Å². The number of hydrogen-bond acceptors (Lipinski definition) is 5. The van der Waals surface area contributed by atoms with Crippen molar-refractivity contribution in [2.24, 2.45) is 5.73 Å². The summed E-state index contributed by atoms with van der Waals surface area (Å²) in [5.41, 5.74) is 6.55. The maximum atomic E-state index is 13.7. The number of hydrogen-bond donors (Lipinski definition) is 2. The molecule has 0 unspecified atom stereocenters. The average Bonchev–Trinajstić information content (AvgIpc) is 2.88. The van der Waals surface area contributed by atoms with Crippen molar-refractivity contribution in [1.82, 2.24) is 0 Å². The molecule has 0 spiro atoms. The third-order valence-electron chi connectivity index (χ3n) is 5.17. The van der Waals surface area contributed by atoms with Gasteiger partial charge < -0.3 is 15.9 Å². The minimum Gasteiger partial charge on any atom is -0.366 e. The molecule has 4 aromatic rings. The van der Waals surface area contributed by atoms with Gasteiger partial charge in [0.1, 0.15) is 0 Å². The second-order valence-electron chi connectivity index (χ2n) is 7.75. The van der Waals surface area contributed by atoms with Crippen LogP contribution in [-0.2, 0) is 21.2 Å². The minimum atomic E-state index is -4.28. The smallest absolute Gasteiger partial charge is 0.295 e. The summed E-state index contributed by atoms with van der Waals surface area (Å²) in [6.45, 7) is 0. The second-order valence-corrected chi connectivity index (χ2v) is 9.50. The number of sulfonamides is 1. The summed E-state index contributed by atoms with van der Waals surface area (Å²) in [5.74, 6) is -0.901. The van der Waals surface area contributed by atoms with Gasteiger partial charge in [0.05, 0.1) is 17.0 Å². The molecule has 2 amide bonds. The van der Waals surface area contributed by atoms with Crippen molar-refractivity contribution in [2.45, 2.75) is 11.3 Å². The first-order chi connectivity index (χ1) is 17.3. The number of primary amides is 1. The molecule has 0 aliphatic rings. The highest BCUT2D eigenvalue weighted by Gasteiger charge is 2.29. The predicted octanol–water partition coefficient (Wildman–Crippen LogP) is 4.16. The van der Waals surface area contributed by atoms with E-state index in [1.807, 2.05) is 6.07 Å². The highest BCUT2D eigenvalue weighted by Crippen LogP contribution is 2.27. The number of nitrogens with two attached hydrogens (primary N) is 1. The third kappa shape index (κ3) is 5.70. The molecule has 4 rings (SSSR count). The lowest BCUT2D eigenvalue weighted by Gasteiger charge is -2.24. The van der Waals surface area contributed by atoms with Crippen LogP contribution in [0, 0.1) is 0 Å². The number of rotatable bonds is 9. The summed E-state index contributed by atoms with van der Waals surface area (Å²) in [5, 5.41) is 2.72. The van der Waals surface area contributed by atoms with Crippen molar-refractivity contribution in [1.29, 1.82) is 0 Å². The maximum absolute atomic E-state index is 13.7. The Hall–Kier alpha value is -4.63. The molecular formula is C27H23N3O5S. The van der Waals surface area contributed by atoms with Crippen LogP contribution in [0.25, 0.3) is 0 Å². The van der Waals surface area contributed by atoms with E-state index in [0.717, 1.165) is 4.47 Å². The molecule has 4 aromatic carbocycles. The van der Waals surface area contributed by atoms with Gasteiger partial charge in [-0.2, -0.15) is 8.42 Å². The summed E-state index contributed by atoms with van der Waals surface area (Å²) in [7, 11) is -4.28. The van der Waals surface area contributed by atoms with Gasteiger partial charge in [-0.3, -0.25) is 9.59 Å². The highest BCUT2D eigenvalue weighted by atomic mass is 32.2. The highest BCUT2D eigenvalue weighted by molar-refractivity contribution is 7.92. The van der Waals surface area contributed by atoms with Gasteiger partial charge in [0.15, 0.2) is 5.75 Å². The minimum absolute atomic E-state index is 0.0485. The number of nitrogens with zero attached hydrogens (tertiary/aromatic N) is 1. The molecule has 9 heteroatoms. The van der Waals surface area contributed by atoms with E-state index in [1.54, 1.807) is 84.9 Å². The van der Waals surface area contributed by atoms with Crippen LogP contribution in [0.3, 0.4) is 0 Å². The quantitative estimate of drug-likeness (QED) is 0.334. The number of carbonyl (C=O) groups is 2. The third-order valence-corrected chi connectivity index (χ3v) is 6.74. The zero-order valence-electron chi connectivity index (χ0n) is 19.1. The number of amides is 2. The zero-order valence-corrected chi connectivity index (χ0v) is 19.9. The lowest BCUT2D eigenvalue weighted by atomic mass is 10.0. The van der Waals surface area contributed by atoms with Gasteiger partial charge in [0, 0.05) is 11.3 Å². The van der Waals surface area contributed by atoms with Gasteiger partial charge in [-0.15, -0.1) is 0 Å². The molecule has 0 saturated carbocycles. The van der Waals surface area contributed by atoms with Crippen LogP contribution < -0.4 is 20.4 Å². The average molecular weight is 502 g/mol. The number of para-hydroxylation sites is 3. The Morgan fingerprint density at radius 3 is 2.00 bits per heavy atom. The topological polar surface area (TPSA) is 119 Å². The molecule has 0 heterocycles. The monoisotopic (exact) mass is 501 g/mol. The van der Waals surface area contributed by atoms with Crippen LogP contribution in [-0.4, -0.2) is 20.2 Å². The Labute approximate surface area is 208 Å². The largest absolute Gasteiger partial charge is 0.366 e. The molecule has 0 aromatic heterocycles. The van der Waals surface area contributed by atoms with Gasteiger partial charge in [-0.05, 0) is 60.2 Å². The first-order valence-electron chi connectivity index (χ1n) is 11.0. The Kier molecular flexibility index (Phi) is 7.31. The summed E-state index contributed by atoms with van der Waals surface area (Å²) in [6.07, 6.45) is -0.262. The van der Waals surface area contributed by atoms with Crippen molar-refractivity contribution >= 4 is 33.2 Å². The van der Waals surface area contributed by atoms with Crippen molar-refractivity contribution in [2.75, 3.05) is 9.79 Å². The predicted molar refractivity (Wildman–Crippen MR) is 137 cm³/mol. The Bertz CT molecular complexity index is 1460. The number of nitrogens with one attached hydrogen (secondary N) is 1. The maximum Gasteiger partial charge on any atom is 0.295 e. The van der Waals surface area contributed by atoms with Crippen LogP contribution in [0.4, 0.5) is 11.4 Å². The van der Waals surface area contributed by atoms with E-state index in [4.69, 9.17) is 10.6 Å². The number of benzene rings is 4. The van der Waals surface area contributed by atoms with Crippen LogP contribution in [0.15, 0.2) is 114 Å². The number of carbonyl (C=O) groups excluding carboxylic acids is 2. The Balaban J connectivity index is 1.71. The molecule has 182 valence electrons. The molecule has 3 N–H and O–H groups in total. The van der Waals surface area contributed by atoms with Crippen molar-refractivity contribution in [3.8, 4) is 5.75 Å². The number of anilines is 2. The van der Waals surface area contributed by atoms with Gasteiger partial charge >= 0.3 is 0 Å². The van der Waals surface area contributed by atoms with Crippen LogP contribution >= 0.6 is 0 Å². The van der Waals surface area contributed by atoms with Crippen molar-refractivity contribution in [3.63, 3.8) is 0 Å². The fraction of sp³-hybridized carbons (Fsp3) is 0.0370. The Morgan fingerprint density at radius 2 is 1.39 bits per heavy atom. The van der Waals surface area contributed by atoms with E-state index in [-0.39, 0.29) is 28.1 Å². The normalized spacial score (nSPS) is 10.9. The van der Waals surface area contributed by atoms with Gasteiger partial charge in [0.25, 0.3) is 10.0 Å². The zero-order chi connectivity index (χ0) is 25.5. The van der Waals surface area contributed by atoms with Crippen molar-refractivity contribution in [3.05, 3.63) is 120 Å². The van der Waals surface area contributed by atoms with E-state index in [0.29, 0.717) is 11.4 Å². The summed E-state index contributed by atoms with van der Waals surface area (Å²) < 4.78 is 28.3. The van der Waals surface area contributed by atoms with Crippen LogP contribution in [0.5, 0.6) is 5.75 Å². The van der Waals surface area contributed by atoms with E-state index in [2.05, 4.69) is 5.32 Å². The first kappa shape index (κ1) is 24.5. The van der Waals surface area contributed by atoms with Gasteiger partial charge in [-0.1, -0.05) is 59.1 Å². The molecule has 0 saturated heterocycles. The second kappa shape index (κ2) is 10.7. The van der Waals surface area contributed by atoms with Crippen LogP contribution in [0.1, 0.15) is 15.9 Å². The summed E-state index contributed by atoms with van der Waals surface area (Å²) >= 11 is 0. The van der Waals surface area contributed by atoms with Crippen LogP contribution in [0.2, 0.25) is 0 Å². The fourth-order valence-corrected chi connectivity index (χ4v) is 4.79. The molecule has 0 bridgehead atoms. The first-order valence-corrected chi connectivity index (χ1v) is 12.4. The molecule has 36 heavy (non-hydrogen) atoms. The summed E-state index contributed by atoms with van der Waals surface area (Å²) in [4.78, 5) is 30.3. The van der Waals surface area contributed by atoms with Gasteiger partial charge in [-0.25, -0.2) is 0 Å². The molecule has 8 nitrogen and oxygen atoms in total.